The molecule has 0 aliphatic carbocycles. The van der Waals surface area contributed by atoms with Crippen molar-refractivity contribution in [3.8, 4) is 22.3 Å². The number of H-pyrrole nitrogens is 2. The molecule has 37 heavy (non-hydrogen) atoms. The number of ether oxygens (including phenoxy) is 1. The fourth-order valence-electron chi connectivity index (χ4n) is 5.19. The smallest absolute Gasteiger partial charge is 0.407 e. The number of nitrogens with zero attached hydrogens (tertiary/aromatic N) is 2. The van der Waals surface area contributed by atoms with Gasteiger partial charge >= 0.3 is 6.09 Å². The number of amides is 2. The van der Waals surface area contributed by atoms with Gasteiger partial charge in [-0.25, -0.2) is 9.78 Å². The Balaban J connectivity index is 1.22. The third kappa shape index (κ3) is 4.42. The zero-order chi connectivity index (χ0) is 25.4. The number of hydrogen-bond donors (Lipinski definition) is 3. The first-order valence-electron chi connectivity index (χ1n) is 12.4. The highest BCUT2D eigenvalue weighted by Crippen LogP contribution is 2.34. The fraction of sp³-hybridized carbons (Fsp3) is 0.207. The van der Waals surface area contributed by atoms with Gasteiger partial charge in [-0.3, -0.25) is 4.79 Å². The minimum atomic E-state index is -0.603. The van der Waals surface area contributed by atoms with E-state index in [1.807, 2.05) is 4.90 Å². The predicted molar refractivity (Wildman–Crippen MR) is 143 cm³/mol. The molecular formula is C29H27N5O3. The largest absolute Gasteiger partial charge is 0.453 e. The van der Waals surface area contributed by atoms with E-state index in [0.717, 1.165) is 62.7 Å². The van der Waals surface area contributed by atoms with Gasteiger partial charge in [0.1, 0.15) is 6.54 Å². The summed E-state index contributed by atoms with van der Waals surface area (Å²) in [5.74, 6) is -0.112. The molecule has 1 fully saturated rings. The minimum Gasteiger partial charge on any atom is -0.453 e. The van der Waals surface area contributed by atoms with Gasteiger partial charge in [-0.15, -0.1) is 0 Å². The zero-order valence-electron chi connectivity index (χ0n) is 20.5. The second-order valence-corrected chi connectivity index (χ2v) is 9.33. The zero-order valence-corrected chi connectivity index (χ0v) is 20.5. The van der Waals surface area contributed by atoms with E-state index in [1.165, 1.54) is 7.11 Å². The summed E-state index contributed by atoms with van der Waals surface area (Å²) in [6.07, 6.45) is 2.92. The first-order chi connectivity index (χ1) is 18.1. The van der Waals surface area contributed by atoms with Gasteiger partial charge in [0.25, 0.3) is 0 Å². The summed E-state index contributed by atoms with van der Waals surface area (Å²) in [4.78, 5) is 37.0. The molecule has 186 valence electrons. The van der Waals surface area contributed by atoms with E-state index in [0.29, 0.717) is 6.54 Å². The van der Waals surface area contributed by atoms with Crippen molar-refractivity contribution in [1.82, 2.24) is 25.2 Å². The molecule has 0 bridgehead atoms. The van der Waals surface area contributed by atoms with Crippen LogP contribution in [0.1, 0.15) is 24.6 Å². The highest BCUT2D eigenvalue weighted by molar-refractivity contribution is 5.87. The SMILES string of the molecule is COC(=O)NCC(=O)N1CCCC1c1cc2ccc(-c3ccc(-c4ccc5[nH]cnc5c4)cc3)cc2[nH]1. The Morgan fingerprint density at radius 3 is 2.49 bits per heavy atom. The van der Waals surface area contributed by atoms with Crippen LogP contribution in [0.2, 0.25) is 0 Å². The summed E-state index contributed by atoms with van der Waals surface area (Å²) in [5.41, 5.74) is 8.56. The highest BCUT2D eigenvalue weighted by atomic mass is 16.5. The van der Waals surface area contributed by atoms with Crippen LogP contribution >= 0.6 is 0 Å². The number of imidazole rings is 1. The van der Waals surface area contributed by atoms with E-state index in [-0.39, 0.29) is 18.5 Å². The van der Waals surface area contributed by atoms with Crippen LogP contribution in [-0.2, 0) is 9.53 Å². The van der Waals surface area contributed by atoms with E-state index < -0.39 is 6.09 Å². The van der Waals surface area contributed by atoms with Crippen molar-refractivity contribution in [2.24, 2.45) is 0 Å². The second-order valence-electron chi connectivity index (χ2n) is 9.33. The lowest BCUT2D eigenvalue weighted by Crippen LogP contribution is -2.39. The van der Waals surface area contributed by atoms with E-state index in [4.69, 9.17) is 0 Å². The molecule has 8 nitrogen and oxygen atoms in total. The van der Waals surface area contributed by atoms with Crippen LogP contribution in [0, 0.1) is 0 Å². The Kier molecular flexibility index (Phi) is 5.84. The molecule has 1 saturated heterocycles. The summed E-state index contributed by atoms with van der Waals surface area (Å²) >= 11 is 0. The quantitative estimate of drug-likeness (QED) is 0.305. The molecule has 3 heterocycles. The minimum absolute atomic E-state index is 0.0334. The first kappa shape index (κ1) is 22.8. The van der Waals surface area contributed by atoms with Crippen LogP contribution in [0.3, 0.4) is 0 Å². The maximum absolute atomic E-state index is 12.7. The molecule has 2 aromatic heterocycles. The Hall–Kier alpha value is -4.59. The average Bonchev–Trinajstić information content (AvgIpc) is 3.69. The molecule has 1 aliphatic heterocycles. The number of carbonyl (C=O) groups is 2. The van der Waals surface area contributed by atoms with Gasteiger partial charge in [0.2, 0.25) is 5.91 Å². The number of rotatable bonds is 5. The van der Waals surface area contributed by atoms with Crippen molar-refractivity contribution in [2.75, 3.05) is 20.2 Å². The van der Waals surface area contributed by atoms with Crippen LogP contribution in [0.5, 0.6) is 0 Å². The molecule has 1 unspecified atom stereocenters. The fourth-order valence-corrected chi connectivity index (χ4v) is 5.19. The lowest BCUT2D eigenvalue weighted by molar-refractivity contribution is -0.131. The topological polar surface area (TPSA) is 103 Å². The standard InChI is InChI=1S/C29H27N5O3/c1-37-29(36)30-16-28(35)34-12-2-3-27(34)26-15-22-9-8-20(13-24(22)33-26)18-4-6-19(7-5-18)21-10-11-23-25(14-21)32-17-31-23/h4-11,13-15,17,27,33H,2-3,12,16H2,1H3,(H,30,36)(H,31,32). The van der Waals surface area contributed by atoms with E-state index in [9.17, 15) is 9.59 Å². The van der Waals surface area contributed by atoms with Gasteiger partial charge in [0.05, 0.1) is 30.5 Å². The number of likely N-dealkylation sites (tertiary alicyclic amines) is 1. The summed E-state index contributed by atoms with van der Waals surface area (Å²) in [6, 6.07) is 23.3. The Morgan fingerprint density at radius 1 is 0.973 bits per heavy atom. The maximum Gasteiger partial charge on any atom is 0.407 e. The summed E-state index contributed by atoms with van der Waals surface area (Å²) in [6.45, 7) is 0.603. The van der Waals surface area contributed by atoms with Gasteiger partial charge < -0.3 is 24.9 Å². The molecule has 2 amide bonds. The number of benzene rings is 3. The number of methoxy groups -OCH3 is 1. The maximum atomic E-state index is 12.7. The lowest BCUT2D eigenvalue weighted by Gasteiger charge is -2.24. The van der Waals surface area contributed by atoms with Gasteiger partial charge in [0, 0.05) is 17.8 Å². The summed E-state index contributed by atoms with van der Waals surface area (Å²) in [7, 11) is 1.28. The molecule has 5 aromatic rings. The highest BCUT2D eigenvalue weighted by Gasteiger charge is 2.31. The molecule has 1 atom stereocenters. The lowest BCUT2D eigenvalue weighted by atomic mass is 9.99. The number of aromatic nitrogens is 3. The number of hydrogen-bond acceptors (Lipinski definition) is 4. The first-order valence-corrected chi connectivity index (χ1v) is 12.4. The molecule has 6 rings (SSSR count). The number of nitrogens with one attached hydrogen (secondary N) is 3. The molecule has 3 aromatic carbocycles. The number of carbonyl (C=O) groups excluding carboxylic acids is 2. The molecule has 8 heteroatoms. The number of aromatic amines is 2. The van der Waals surface area contributed by atoms with Gasteiger partial charge in [0.15, 0.2) is 0 Å². The van der Waals surface area contributed by atoms with Crippen molar-refractivity contribution in [2.45, 2.75) is 18.9 Å². The molecule has 0 saturated carbocycles. The second kappa shape index (κ2) is 9.46. The van der Waals surface area contributed by atoms with Crippen molar-refractivity contribution < 1.29 is 14.3 Å². The van der Waals surface area contributed by atoms with E-state index >= 15 is 0 Å². The van der Waals surface area contributed by atoms with Crippen LogP contribution < -0.4 is 5.32 Å². The van der Waals surface area contributed by atoms with E-state index in [1.54, 1.807) is 6.33 Å². The summed E-state index contributed by atoms with van der Waals surface area (Å²) in [5, 5.41) is 3.59. The van der Waals surface area contributed by atoms with Crippen LogP contribution in [0.4, 0.5) is 4.79 Å². The monoisotopic (exact) mass is 493 g/mol. The molecule has 0 radical (unpaired) electrons. The van der Waals surface area contributed by atoms with Gasteiger partial charge in [-0.2, -0.15) is 0 Å². The molecule has 1 aliphatic rings. The van der Waals surface area contributed by atoms with Crippen LogP contribution in [-0.4, -0.2) is 52.1 Å². The predicted octanol–water partition coefficient (Wildman–Crippen LogP) is 5.40. The molecule has 3 N–H and O–H groups in total. The van der Waals surface area contributed by atoms with E-state index in [2.05, 4.69) is 91.7 Å². The normalized spacial score (nSPS) is 15.4. The average molecular weight is 494 g/mol. The van der Waals surface area contributed by atoms with Crippen LogP contribution in [0.25, 0.3) is 44.2 Å². The third-order valence-corrected chi connectivity index (χ3v) is 7.12. The Labute approximate surface area is 213 Å². The van der Waals surface area contributed by atoms with Crippen molar-refractivity contribution >= 4 is 33.9 Å². The van der Waals surface area contributed by atoms with Gasteiger partial charge in [-0.1, -0.05) is 42.5 Å². The van der Waals surface area contributed by atoms with Crippen LogP contribution in [0.15, 0.2) is 73.1 Å². The number of fused-ring (bicyclic) bond motifs is 2. The van der Waals surface area contributed by atoms with Crippen molar-refractivity contribution in [1.29, 1.82) is 0 Å². The van der Waals surface area contributed by atoms with Crippen molar-refractivity contribution in [3.05, 3.63) is 78.8 Å². The third-order valence-electron chi connectivity index (χ3n) is 7.12. The number of alkyl carbamates (subject to hydrolysis) is 1. The summed E-state index contributed by atoms with van der Waals surface area (Å²) < 4.78 is 4.57. The molecule has 0 spiro atoms. The molecular weight excluding hydrogens is 466 g/mol. The Morgan fingerprint density at radius 2 is 1.70 bits per heavy atom. The van der Waals surface area contributed by atoms with Gasteiger partial charge in [-0.05, 0) is 64.7 Å². The Bertz CT molecular complexity index is 1600. The van der Waals surface area contributed by atoms with Crippen molar-refractivity contribution in [3.63, 3.8) is 0 Å².